The molecule has 1 saturated heterocycles. The molecule has 0 aromatic carbocycles. The first kappa shape index (κ1) is 10.7. The second-order valence-corrected chi connectivity index (χ2v) is 4.92. The third-order valence-electron chi connectivity index (χ3n) is 3.79. The highest BCUT2D eigenvalue weighted by molar-refractivity contribution is 5.72. The van der Waals surface area contributed by atoms with E-state index in [9.17, 15) is 9.90 Å². The van der Waals surface area contributed by atoms with Crippen molar-refractivity contribution in [3.63, 3.8) is 0 Å². The number of rotatable bonds is 1. The van der Waals surface area contributed by atoms with Gasteiger partial charge in [0.15, 0.2) is 0 Å². The van der Waals surface area contributed by atoms with Crippen molar-refractivity contribution in [2.45, 2.75) is 51.2 Å². The molecule has 1 fully saturated rings. The molecule has 0 radical (unpaired) electrons. The van der Waals surface area contributed by atoms with Gasteiger partial charge in [0.25, 0.3) is 0 Å². The number of cyclic esters (lactones) is 1. The summed E-state index contributed by atoms with van der Waals surface area (Å²) in [5.41, 5.74) is 0.689. The Morgan fingerprint density at radius 3 is 2.87 bits per heavy atom. The molecule has 1 heterocycles. The van der Waals surface area contributed by atoms with Crippen LogP contribution >= 0.6 is 0 Å². The van der Waals surface area contributed by atoms with E-state index in [1.54, 1.807) is 0 Å². The Morgan fingerprint density at radius 1 is 1.60 bits per heavy atom. The van der Waals surface area contributed by atoms with Gasteiger partial charge < -0.3 is 9.84 Å². The number of aliphatic hydroxyl groups excluding tert-OH is 1. The maximum Gasteiger partial charge on any atom is 0.306 e. The molecule has 2 rings (SSSR count). The van der Waals surface area contributed by atoms with E-state index in [1.807, 2.05) is 13.8 Å². The number of carbonyl (C=O) groups is 1. The van der Waals surface area contributed by atoms with E-state index in [0.717, 1.165) is 18.4 Å². The summed E-state index contributed by atoms with van der Waals surface area (Å²) < 4.78 is 5.39. The number of aliphatic hydroxyl groups is 1. The Hall–Kier alpha value is -0.830. The Labute approximate surface area is 90.1 Å². The largest absolute Gasteiger partial charge is 0.459 e. The van der Waals surface area contributed by atoms with Gasteiger partial charge >= 0.3 is 5.97 Å². The van der Waals surface area contributed by atoms with Gasteiger partial charge in [-0.1, -0.05) is 6.08 Å². The Bertz CT molecular complexity index is 308. The predicted molar refractivity (Wildman–Crippen MR) is 56.2 cm³/mol. The van der Waals surface area contributed by atoms with Crippen LogP contribution in [0.3, 0.4) is 0 Å². The van der Waals surface area contributed by atoms with Crippen molar-refractivity contribution in [3.8, 4) is 0 Å². The number of ether oxygens (including phenoxy) is 1. The Kier molecular flexibility index (Phi) is 2.59. The zero-order chi connectivity index (χ0) is 11.1. The van der Waals surface area contributed by atoms with Crippen LogP contribution in [0.2, 0.25) is 0 Å². The first-order chi connectivity index (χ1) is 7.01. The molecular formula is C12H18O3. The monoisotopic (exact) mass is 210 g/mol. The van der Waals surface area contributed by atoms with E-state index in [4.69, 9.17) is 4.74 Å². The number of hydrogen-bond acceptors (Lipinski definition) is 3. The normalized spacial score (nSPS) is 41.3. The van der Waals surface area contributed by atoms with Crippen molar-refractivity contribution in [2.75, 3.05) is 0 Å². The number of carbonyl (C=O) groups excluding carboxylic acids is 1. The van der Waals surface area contributed by atoms with E-state index >= 15 is 0 Å². The molecule has 0 aromatic heterocycles. The van der Waals surface area contributed by atoms with Gasteiger partial charge in [-0.15, -0.1) is 0 Å². The van der Waals surface area contributed by atoms with Gasteiger partial charge in [0.05, 0.1) is 6.10 Å². The maximum absolute atomic E-state index is 11.1. The van der Waals surface area contributed by atoms with Gasteiger partial charge in [-0.25, -0.2) is 0 Å². The van der Waals surface area contributed by atoms with E-state index in [-0.39, 0.29) is 23.6 Å². The lowest BCUT2D eigenvalue weighted by atomic mass is 9.76. The molecule has 3 nitrogen and oxygen atoms in total. The smallest absolute Gasteiger partial charge is 0.306 e. The molecule has 84 valence electrons. The topological polar surface area (TPSA) is 46.5 Å². The molecule has 3 heteroatoms. The molecule has 3 atom stereocenters. The number of hydrogen-bond donors (Lipinski definition) is 1. The molecule has 0 unspecified atom stereocenters. The van der Waals surface area contributed by atoms with Crippen LogP contribution in [0.1, 0.15) is 39.5 Å². The Morgan fingerprint density at radius 2 is 2.33 bits per heavy atom. The molecule has 0 spiro atoms. The molecule has 0 saturated carbocycles. The first-order valence-electron chi connectivity index (χ1n) is 5.58. The van der Waals surface area contributed by atoms with Crippen LogP contribution in [-0.4, -0.2) is 22.8 Å². The van der Waals surface area contributed by atoms with Crippen LogP contribution in [0.4, 0.5) is 0 Å². The van der Waals surface area contributed by atoms with Crippen molar-refractivity contribution in [1.29, 1.82) is 0 Å². The minimum atomic E-state index is -0.361. The van der Waals surface area contributed by atoms with Crippen LogP contribution in [-0.2, 0) is 9.53 Å². The first-order valence-corrected chi connectivity index (χ1v) is 5.58. The maximum atomic E-state index is 11.1. The second-order valence-electron chi connectivity index (χ2n) is 4.92. The number of esters is 1. The van der Waals surface area contributed by atoms with Crippen LogP contribution in [0, 0.1) is 5.92 Å². The summed E-state index contributed by atoms with van der Waals surface area (Å²) in [7, 11) is 0. The standard InChI is InChI=1S/C12H18O3/c1-8-3-4-9(7-10(8)13)12(2)6-5-11(14)15-12/h3,9-10,13H,4-7H2,1-2H3/t9-,10+,12-/m1/s1. The third kappa shape index (κ3) is 1.93. The second kappa shape index (κ2) is 3.63. The summed E-state index contributed by atoms with van der Waals surface area (Å²) in [6.45, 7) is 3.94. The van der Waals surface area contributed by atoms with Crippen molar-refractivity contribution in [2.24, 2.45) is 5.92 Å². The van der Waals surface area contributed by atoms with E-state index in [1.165, 1.54) is 0 Å². The lowest BCUT2D eigenvalue weighted by molar-refractivity contribution is -0.152. The summed E-state index contributed by atoms with van der Waals surface area (Å²) in [5.74, 6) is 0.168. The summed E-state index contributed by atoms with van der Waals surface area (Å²) in [4.78, 5) is 11.1. The molecule has 15 heavy (non-hydrogen) atoms. The van der Waals surface area contributed by atoms with Crippen LogP contribution in [0.15, 0.2) is 11.6 Å². The molecule has 1 aliphatic carbocycles. The molecule has 1 N–H and O–H groups in total. The summed E-state index contributed by atoms with van der Waals surface area (Å²) >= 11 is 0. The summed E-state index contributed by atoms with van der Waals surface area (Å²) in [6, 6.07) is 0. The summed E-state index contributed by atoms with van der Waals surface area (Å²) in [6.07, 6.45) is 4.64. The quantitative estimate of drug-likeness (QED) is 0.530. The van der Waals surface area contributed by atoms with E-state index in [2.05, 4.69) is 6.08 Å². The summed E-state index contributed by atoms with van der Waals surface area (Å²) in [5, 5.41) is 9.78. The molecule has 2 aliphatic rings. The lowest BCUT2D eigenvalue weighted by Crippen LogP contribution is -2.38. The zero-order valence-corrected chi connectivity index (χ0v) is 9.32. The van der Waals surface area contributed by atoms with Crippen molar-refractivity contribution in [3.05, 3.63) is 11.6 Å². The van der Waals surface area contributed by atoms with Crippen LogP contribution in [0.5, 0.6) is 0 Å². The minimum absolute atomic E-state index is 0.0988. The van der Waals surface area contributed by atoms with Gasteiger partial charge in [0, 0.05) is 12.3 Å². The highest BCUT2D eigenvalue weighted by atomic mass is 16.6. The van der Waals surface area contributed by atoms with Crippen molar-refractivity contribution < 1.29 is 14.6 Å². The molecule has 1 aliphatic heterocycles. The van der Waals surface area contributed by atoms with Crippen molar-refractivity contribution >= 4 is 5.97 Å². The molecule has 0 aromatic rings. The fourth-order valence-corrected chi connectivity index (χ4v) is 2.51. The predicted octanol–water partition coefficient (Wildman–Crippen LogP) is 1.80. The highest BCUT2D eigenvalue weighted by Crippen LogP contribution is 2.40. The Balaban J connectivity index is 2.09. The molecule has 0 amide bonds. The van der Waals surface area contributed by atoms with Crippen LogP contribution in [0.25, 0.3) is 0 Å². The van der Waals surface area contributed by atoms with Crippen molar-refractivity contribution in [1.82, 2.24) is 0 Å². The minimum Gasteiger partial charge on any atom is -0.459 e. The molecule has 0 bridgehead atoms. The fraction of sp³-hybridized carbons (Fsp3) is 0.750. The average molecular weight is 210 g/mol. The van der Waals surface area contributed by atoms with Gasteiger partial charge in [0.1, 0.15) is 5.60 Å². The van der Waals surface area contributed by atoms with E-state index < -0.39 is 0 Å². The van der Waals surface area contributed by atoms with Gasteiger partial charge in [0.2, 0.25) is 0 Å². The van der Waals surface area contributed by atoms with Gasteiger partial charge in [-0.3, -0.25) is 4.79 Å². The molecular weight excluding hydrogens is 192 g/mol. The van der Waals surface area contributed by atoms with E-state index in [0.29, 0.717) is 12.8 Å². The number of allylic oxidation sites excluding steroid dienone is 1. The average Bonchev–Trinajstić information content (AvgIpc) is 2.52. The lowest BCUT2D eigenvalue weighted by Gasteiger charge is -2.36. The third-order valence-corrected chi connectivity index (χ3v) is 3.79. The highest BCUT2D eigenvalue weighted by Gasteiger charge is 2.43. The fourth-order valence-electron chi connectivity index (χ4n) is 2.51. The van der Waals surface area contributed by atoms with Crippen LogP contribution < -0.4 is 0 Å². The zero-order valence-electron chi connectivity index (χ0n) is 9.32. The SMILES string of the molecule is CC1=CC[C@@H]([C@@]2(C)CCC(=O)O2)C[C@@H]1O. The van der Waals surface area contributed by atoms with Gasteiger partial charge in [-0.05, 0) is 38.7 Å². The van der Waals surface area contributed by atoms with Gasteiger partial charge in [-0.2, -0.15) is 0 Å².